The molecular formula is C25H34BrN3O5. The summed E-state index contributed by atoms with van der Waals surface area (Å²) in [5, 5.41) is 15.7. The molecule has 186 valence electrons. The monoisotopic (exact) mass is 535 g/mol. The van der Waals surface area contributed by atoms with E-state index in [-0.39, 0.29) is 35.5 Å². The summed E-state index contributed by atoms with van der Waals surface area (Å²) in [6, 6.07) is 9.92. The number of carbonyl (C=O) groups is 2. The predicted molar refractivity (Wildman–Crippen MR) is 120 cm³/mol. The number of likely N-dealkylation sites (tertiary alicyclic amines) is 1. The summed E-state index contributed by atoms with van der Waals surface area (Å²) >= 11 is 0. The molecule has 3 N–H and O–H groups in total. The van der Waals surface area contributed by atoms with Gasteiger partial charge in [0.15, 0.2) is 11.3 Å². The lowest BCUT2D eigenvalue weighted by Gasteiger charge is -2.41. The first-order valence-electron chi connectivity index (χ1n) is 11.9. The molecule has 1 amide bonds. The molecule has 8 nitrogen and oxygen atoms in total. The number of aliphatic hydroxyl groups is 1. The van der Waals surface area contributed by atoms with Gasteiger partial charge in [0.2, 0.25) is 6.04 Å². The van der Waals surface area contributed by atoms with Crippen molar-refractivity contribution in [3.63, 3.8) is 0 Å². The summed E-state index contributed by atoms with van der Waals surface area (Å²) in [7, 11) is 1.94. The van der Waals surface area contributed by atoms with Crippen LogP contribution < -0.4 is 22.7 Å². The van der Waals surface area contributed by atoms with Gasteiger partial charge in [0.1, 0.15) is 18.9 Å². The van der Waals surface area contributed by atoms with Crippen LogP contribution in [0.4, 0.5) is 0 Å². The Balaban J connectivity index is 0.00000324. The largest absolute Gasteiger partial charge is 1.00 e. The van der Waals surface area contributed by atoms with Crippen LogP contribution in [-0.4, -0.2) is 52.9 Å². The molecule has 9 heteroatoms. The van der Waals surface area contributed by atoms with E-state index >= 15 is 0 Å². The Hall–Kier alpha value is -2.23. The molecule has 0 bridgehead atoms. The highest BCUT2D eigenvalue weighted by Gasteiger charge is 2.51. The first kappa shape index (κ1) is 26.4. The number of esters is 1. The van der Waals surface area contributed by atoms with Crippen LogP contribution >= 0.6 is 0 Å². The molecule has 1 aromatic carbocycles. The number of halogens is 1. The zero-order valence-electron chi connectivity index (χ0n) is 19.6. The van der Waals surface area contributed by atoms with Crippen molar-refractivity contribution >= 4 is 11.9 Å². The van der Waals surface area contributed by atoms with E-state index in [1.54, 1.807) is 18.2 Å². The Labute approximate surface area is 210 Å². The Morgan fingerprint density at radius 2 is 1.88 bits per heavy atom. The third-order valence-electron chi connectivity index (χ3n) is 7.74. The van der Waals surface area contributed by atoms with Gasteiger partial charge in [-0.05, 0) is 18.4 Å². The topological polar surface area (TPSA) is 116 Å². The molecule has 1 saturated heterocycles. The summed E-state index contributed by atoms with van der Waals surface area (Å²) in [6.07, 6.45) is 7.73. The number of rotatable bonds is 8. The number of hydrogen-bond acceptors (Lipinski definition) is 6. The lowest BCUT2D eigenvalue weighted by molar-refractivity contribution is -0.941. The molecule has 0 spiro atoms. The standard InChI is InChI=1S/C25H33N3O5.BrH/c1-28(22(23(26)29)21-14-16-33-27-21)15-8-13-20(28)17-32-24(30)25(31,18-9-4-2-5-10-18)19-11-6-3-7-12-19;/h2,4-5,9-10,14,16,19-20,22,31H,3,6-8,11-13,15,17H2,1H3,(H-,26,29);1H. The Bertz CT molecular complexity index is 951. The summed E-state index contributed by atoms with van der Waals surface area (Å²) in [5.41, 5.74) is 5.14. The molecule has 4 atom stereocenters. The maximum absolute atomic E-state index is 13.5. The van der Waals surface area contributed by atoms with E-state index in [4.69, 9.17) is 15.0 Å². The molecule has 1 aliphatic heterocycles. The molecule has 1 saturated carbocycles. The predicted octanol–water partition coefficient (Wildman–Crippen LogP) is -0.175. The smallest absolute Gasteiger partial charge is 0.343 e. The summed E-state index contributed by atoms with van der Waals surface area (Å²) in [5.74, 6) is -1.29. The van der Waals surface area contributed by atoms with Crippen LogP contribution in [0.25, 0.3) is 0 Å². The van der Waals surface area contributed by atoms with Crippen molar-refractivity contribution in [3.8, 4) is 0 Å². The number of quaternary nitrogens is 1. The van der Waals surface area contributed by atoms with Crippen molar-refractivity contribution in [2.45, 2.75) is 62.6 Å². The molecule has 2 fully saturated rings. The number of aromatic nitrogens is 1. The third kappa shape index (κ3) is 4.92. The van der Waals surface area contributed by atoms with Crippen LogP contribution in [0, 0.1) is 5.92 Å². The highest BCUT2D eigenvalue weighted by Crippen LogP contribution is 2.41. The van der Waals surface area contributed by atoms with E-state index in [1.807, 2.05) is 25.2 Å². The normalized spacial score (nSPS) is 25.6. The van der Waals surface area contributed by atoms with Crippen LogP contribution in [0.2, 0.25) is 0 Å². The van der Waals surface area contributed by atoms with Gasteiger partial charge in [-0.15, -0.1) is 0 Å². The molecule has 0 radical (unpaired) electrons. The van der Waals surface area contributed by atoms with Crippen molar-refractivity contribution in [1.29, 1.82) is 0 Å². The highest BCUT2D eigenvalue weighted by atomic mass is 79.9. The number of carbonyl (C=O) groups excluding carboxylic acids is 2. The van der Waals surface area contributed by atoms with Gasteiger partial charge in [0.25, 0.3) is 5.91 Å². The van der Waals surface area contributed by atoms with Gasteiger partial charge in [-0.1, -0.05) is 54.8 Å². The Kier molecular flexibility index (Phi) is 8.54. The first-order chi connectivity index (χ1) is 15.9. The number of nitrogens with zero attached hydrogens (tertiary/aromatic N) is 2. The minimum atomic E-state index is -1.68. The highest BCUT2D eigenvalue weighted by molar-refractivity contribution is 5.81. The SMILES string of the molecule is C[N+]1(C(C(N)=O)c2ccon2)CCCC1COC(=O)C(O)(c1ccccc1)C1CCCCC1.[Br-]. The van der Waals surface area contributed by atoms with E-state index in [9.17, 15) is 14.7 Å². The van der Waals surface area contributed by atoms with Gasteiger partial charge in [-0.2, -0.15) is 0 Å². The summed E-state index contributed by atoms with van der Waals surface area (Å²) in [4.78, 5) is 25.9. The summed E-state index contributed by atoms with van der Waals surface area (Å²) < 4.78 is 11.1. The number of hydrogen-bond donors (Lipinski definition) is 2. The molecule has 1 aromatic heterocycles. The number of benzene rings is 1. The third-order valence-corrected chi connectivity index (χ3v) is 7.74. The van der Waals surface area contributed by atoms with Gasteiger partial charge in [0.05, 0.1) is 13.6 Å². The second-order valence-electron chi connectivity index (χ2n) is 9.66. The van der Waals surface area contributed by atoms with E-state index in [0.29, 0.717) is 22.3 Å². The number of ether oxygens (including phenoxy) is 1. The van der Waals surface area contributed by atoms with Crippen LogP contribution in [0.5, 0.6) is 0 Å². The van der Waals surface area contributed by atoms with Crippen LogP contribution in [0.3, 0.4) is 0 Å². The zero-order valence-corrected chi connectivity index (χ0v) is 21.2. The van der Waals surface area contributed by atoms with Gasteiger partial charge in [-0.25, -0.2) is 4.79 Å². The fourth-order valence-corrected chi connectivity index (χ4v) is 5.85. The fraction of sp³-hybridized carbons (Fsp3) is 0.560. The molecule has 2 aromatic rings. The van der Waals surface area contributed by atoms with Crippen LogP contribution in [-0.2, 0) is 19.9 Å². The number of likely N-dealkylation sites (N-methyl/N-ethyl adjacent to an activating group) is 1. The average Bonchev–Trinajstić information content (AvgIpc) is 3.48. The van der Waals surface area contributed by atoms with E-state index in [1.165, 1.54) is 6.26 Å². The molecule has 4 rings (SSSR count). The van der Waals surface area contributed by atoms with Crippen molar-refractivity contribution in [2.75, 3.05) is 20.2 Å². The van der Waals surface area contributed by atoms with Crippen LogP contribution in [0.1, 0.15) is 62.2 Å². The van der Waals surface area contributed by atoms with Crippen molar-refractivity contribution < 1.29 is 45.4 Å². The summed E-state index contributed by atoms with van der Waals surface area (Å²) in [6.45, 7) is 0.799. The number of amides is 1. The van der Waals surface area contributed by atoms with Crippen molar-refractivity contribution in [1.82, 2.24) is 5.16 Å². The van der Waals surface area contributed by atoms with Gasteiger partial charge in [-0.3, -0.25) is 4.79 Å². The number of primary amides is 1. The van der Waals surface area contributed by atoms with Gasteiger partial charge >= 0.3 is 5.97 Å². The maximum Gasteiger partial charge on any atom is 0.343 e. The quantitative estimate of drug-likeness (QED) is 0.358. The minimum Gasteiger partial charge on any atom is -1.00 e. The van der Waals surface area contributed by atoms with Gasteiger partial charge in [0, 0.05) is 24.8 Å². The van der Waals surface area contributed by atoms with E-state index in [2.05, 4.69) is 5.16 Å². The Morgan fingerprint density at radius 1 is 1.18 bits per heavy atom. The number of nitrogens with two attached hydrogens (primary N) is 1. The van der Waals surface area contributed by atoms with Crippen molar-refractivity contribution in [2.24, 2.45) is 11.7 Å². The molecule has 34 heavy (non-hydrogen) atoms. The fourth-order valence-electron chi connectivity index (χ4n) is 5.85. The molecule has 2 heterocycles. The average molecular weight is 536 g/mol. The second-order valence-corrected chi connectivity index (χ2v) is 9.66. The molecular weight excluding hydrogens is 502 g/mol. The molecule has 2 aliphatic rings. The molecule has 1 aliphatic carbocycles. The maximum atomic E-state index is 13.5. The van der Waals surface area contributed by atoms with Crippen LogP contribution in [0.15, 0.2) is 47.2 Å². The lowest BCUT2D eigenvalue weighted by atomic mass is 9.73. The molecule has 4 unspecified atom stereocenters. The van der Waals surface area contributed by atoms with E-state index < -0.39 is 23.5 Å². The minimum absolute atomic E-state index is 0. The first-order valence-corrected chi connectivity index (χ1v) is 11.9. The zero-order chi connectivity index (χ0) is 23.5. The Morgan fingerprint density at radius 3 is 2.50 bits per heavy atom. The van der Waals surface area contributed by atoms with Gasteiger partial charge < -0.3 is 41.6 Å². The van der Waals surface area contributed by atoms with Crippen molar-refractivity contribution in [3.05, 3.63) is 53.9 Å². The second kappa shape index (κ2) is 11.0. The van der Waals surface area contributed by atoms with E-state index in [0.717, 1.165) is 44.9 Å². The lowest BCUT2D eigenvalue weighted by Crippen LogP contribution is -3.00.